The topological polar surface area (TPSA) is 54.4 Å². The van der Waals surface area contributed by atoms with Gasteiger partial charge in [0.15, 0.2) is 0 Å². The molecule has 3 rings (SSSR count). The van der Waals surface area contributed by atoms with Gasteiger partial charge in [0.2, 0.25) is 0 Å². The van der Waals surface area contributed by atoms with Crippen LogP contribution in [0.3, 0.4) is 0 Å². The minimum absolute atomic E-state index is 0.0670. The van der Waals surface area contributed by atoms with Crippen molar-refractivity contribution in [2.24, 2.45) is 17.3 Å². The lowest BCUT2D eigenvalue weighted by Crippen LogP contribution is -2.38. The number of carboxylic acids is 1. The maximum Gasteiger partial charge on any atom is 0.310 e. The number of benzene rings is 1. The number of carbonyl (C=O) groups is 2. The van der Waals surface area contributed by atoms with Gasteiger partial charge in [-0.3, -0.25) is 9.59 Å². The van der Waals surface area contributed by atoms with Crippen molar-refractivity contribution in [2.45, 2.75) is 38.5 Å². The monoisotopic (exact) mass is 272 g/mol. The van der Waals surface area contributed by atoms with Gasteiger partial charge >= 0.3 is 5.97 Å². The lowest BCUT2D eigenvalue weighted by molar-refractivity contribution is -0.155. The van der Waals surface area contributed by atoms with E-state index in [-0.39, 0.29) is 24.0 Å². The van der Waals surface area contributed by atoms with Crippen LogP contribution in [0.15, 0.2) is 30.3 Å². The molecule has 3 nitrogen and oxygen atoms in total. The highest BCUT2D eigenvalue weighted by Crippen LogP contribution is 2.60. The van der Waals surface area contributed by atoms with Crippen molar-refractivity contribution in [1.82, 2.24) is 0 Å². The third kappa shape index (κ3) is 2.49. The van der Waals surface area contributed by atoms with E-state index in [4.69, 9.17) is 0 Å². The summed E-state index contributed by atoms with van der Waals surface area (Å²) >= 11 is 0. The Balaban J connectivity index is 1.73. The number of carbonyl (C=O) groups excluding carboxylic acids is 1. The van der Waals surface area contributed by atoms with Gasteiger partial charge in [0.05, 0.1) is 5.41 Å². The Labute approximate surface area is 119 Å². The van der Waals surface area contributed by atoms with Crippen LogP contribution in [0.4, 0.5) is 0 Å². The Morgan fingerprint density at radius 3 is 2.05 bits per heavy atom. The second kappa shape index (κ2) is 5.04. The molecule has 2 aliphatic carbocycles. The Kier molecular flexibility index (Phi) is 3.36. The van der Waals surface area contributed by atoms with Gasteiger partial charge in [-0.15, -0.1) is 0 Å². The fraction of sp³-hybridized carbons (Fsp3) is 0.529. The highest BCUT2D eigenvalue weighted by atomic mass is 16.4. The predicted molar refractivity (Wildman–Crippen MR) is 75.3 cm³/mol. The number of aliphatic carboxylic acids is 1. The molecule has 20 heavy (non-hydrogen) atoms. The highest BCUT2D eigenvalue weighted by Gasteiger charge is 2.59. The fourth-order valence-corrected chi connectivity index (χ4v) is 3.46. The number of ketones is 1. The first-order valence-corrected chi connectivity index (χ1v) is 7.42. The molecule has 0 bridgehead atoms. The van der Waals surface area contributed by atoms with Crippen molar-refractivity contribution < 1.29 is 14.7 Å². The summed E-state index contributed by atoms with van der Waals surface area (Å²) in [6.07, 6.45) is 4.47. The Bertz CT molecular complexity index is 500. The maximum absolute atomic E-state index is 12.3. The molecular formula is C17H20O3. The largest absolute Gasteiger partial charge is 0.481 e. The molecule has 0 heterocycles. The van der Waals surface area contributed by atoms with Gasteiger partial charge in [0, 0.05) is 12.8 Å². The highest BCUT2D eigenvalue weighted by molar-refractivity contribution is 5.88. The summed E-state index contributed by atoms with van der Waals surface area (Å²) in [7, 11) is 0. The first-order valence-electron chi connectivity index (χ1n) is 7.42. The van der Waals surface area contributed by atoms with Gasteiger partial charge in [-0.25, -0.2) is 0 Å². The average Bonchev–Trinajstić information content (AvgIpc) is 3.29. The van der Waals surface area contributed by atoms with Gasteiger partial charge in [-0.05, 0) is 43.1 Å². The van der Waals surface area contributed by atoms with Crippen molar-refractivity contribution in [3.05, 3.63) is 35.9 Å². The SMILES string of the molecule is O=C(Cc1ccccc1)CC(C(=O)O)(C1CC1)C1CC1. The molecule has 1 aromatic rings. The Morgan fingerprint density at radius 2 is 1.60 bits per heavy atom. The fourth-order valence-electron chi connectivity index (χ4n) is 3.46. The van der Waals surface area contributed by atoms with E-state index in [0.717, 1.165) is 31.2 Å². The summed E-state index contributed by atoms with van der Waals surface area (Å²) in [6, 6.07) is 9.59. The molecule has 0 saturated heterocycles. The van der Waals surface area contributed by atoms with E-state index in [1.54, 1.807) is 0 Å². The summed E-state index contributed by atoms with van der Waals surface area (Å²) in [5.41, 5.74) is 0.217. The lowest BCUT2D eigenvalue weighted by atomic mass is 9.73. The standard InChI is InChI=1S/C17H20O3/c18-15(10-12-4-2-1-3-5-12)11-17(16(19)20,13-6-7-13)14-8-9-14/h1-5,13-14H,6-11H2,(H,19,20). The first-order chi connectivity index (χ1) is 9.63. The molecule has 2 aliphatic rings. The van der Waals surface area contributed by atoms with E-state index in [1.165, 1.54) is 0 Å². The molecule has 1 N–H and O–H groups in total. The molecule has 106 valence electrons. The van der Waals surface area contributed by atoms with E-state index in [1.807, 2.05) is 30.3 Å². The van der Waals surface area contributed by atoms with Gasteiger partial charge in [-0.1, -0.05) is 30.3 Å². The van der Waals surface area contributed by atoms with E-state index >= 15 is 0 Å². The molecular weight excluding hydrogens is 252 g/mol. The first kappa shape index (κ1) is 13.3. The Hall–Kier alpha value is -1.64. The van der Waals surface area contributed by atoms with Crippen molar-refractivity contribution >= 4 is 11.8 Å². The van der Waals surface area contributed by atoms with Crippen molar-refractivity contribution in [2.75, 3.05) is 0 Å². The van der Waals surface area contributed by atoms with Crippen LogP contribution in [0.25, 0.3) is 0 Å². The third-order valence-electron chi connectivity index (χ3n) is 4.74. The molecule has 0 unspecified atom stereocenters. The zero-order valence-corrected chi connectivity index (χ0v) is 11.5. The summed E-state index contributed by atoms with van der Waals surface area (Å²) in [5.74, 6) is -0.222. The smallest absolute Gasteiger partial charge is 0.310 e. The van der Waals surface area contributed by atoms with Crippen LogP contribution >= 0.6 is 0 Å². The third-order valence-corrected chi connectivity index (χ3v) is 4.74. The van der Waals surface area contributed by atoms with Gasteiger partial charge in [-0.2, -0.15) is 0 Å². The van der Waals surface area contributed by atoms with Crippen molar-refractivity contribution in [3.8, 4) is 0 Å². The predicted octanol–water partition coefficient (Wildman–Crippen LogP) is 3.08. The van der Waals surface area contributed by atoms with Gasteiger partial charge < -0.3 is 5.11 Å². The number of hydrogen-bond donors (Lipinski definition) is 1. The van der Waals surface area contributed by atoms with Crippen LogP contribution in [0.1, 0.15) is 37.7 Å². The summed E-state index contributed by atoms with van der Waals surface area (Å²) < 4.78 is 0. The van der Waals surface area contributed by atoms with E-state index < -0.39 is 11.4 Å². The van der Waals surface area contributed by atoms with E-state index in [0.29, 0.717) is 6.42 Å². The summed E-state index contributed by atoms with van der Waals surface area (Å²) in [4.78, 5) is 24.2. The van der Waals surface area contributed by atoms with Gasteiger partial charge in [0.25, 0.3) is 0 Å². The molecule has 2 fully saturated rings. The van der Waals surface area contributed by atoms with Crippen molar-refractivity contribution in [1.29, 1.82) is 0 Å². The number of Topliss-reactive ketones (excluding diaryl/α,β-unsaturated/α-hetero) is 1. The molecule has 2 saturated carbocycles. The second-order valence-corrected chi connectivity index (χ2v) is 6.27. The van der Waals surface area contributed by atoms with Crippen molar-refractivity contribution in [3.63, 3.8) is 0 Å². The van der Waals surface area contributed by atoms with E-state index in [2.05, 4.69) is 0 Å². The van der Waals surface area contributed by atoms with Crippen LogP contribution in [0, 0.1) is 17.3 Å². The number of rotatable bonds is 7. The Morgan fingerprint density at radius 1 is 1.05 bits per heavy atom. The molecule has 0 spiro atoms. The van der Waals surface area contributed by atoms with Crippen LogP contribution < -0.4 is 0 Å². The zero-order chi connectivity index (χ0) is 14.2. The van der Waals surface area contributed by atoms with Crippen LogP contribution in [-0.4, -0.2) is 16.9 Å². The lowest BCUT2D eigenvalue weighted by Gasteiger charge is -2.29. The molecule has 0 atom stereocenters. The molecule has 0 aromatic heterocycles. The second-order valence-electron chi connectivity index (χ2n) is 6.27. The normalized spacial score (nSPS) is 18.8. The minimum atomic E-state index is -0.758. The zero-order valence-electron chi connectivity index (χ0n) is 11.5. The van der Waals surface area contributed by atoms with Crippen LogP contribution in [-0.2, 0) is 16.0 Å². The van der Waals surface area contributed by atoms with Gasteiger partial charge in [0.1, 0.15) is 5.78 Å². The minimum Gasteiger partial charge on any atom is -0.481 e. The molecule has 0 amide bonds. The molecule has 0 aliphatic heterocycles. The molecule has 3 heteroatoms. The van der Waals surface area contributed by atoms with Crippen LogP contribution in [0.5, 0.6) is 0 Å². The quantitative estimate of drug-likeness (QED) is 0.830. The average molecular weight is 272 g/mol. The molecule has 1 aromatic carbocycles. The maximum atomic E-state index is 12.3. The van der Waals surface area contributed by atoms with E-state index in [9.17, 15) is 14.7 Å². The summed E-state index contributed by atoms with van der Waals surface area (Å²) in [6.45, 7) is 0. The molecule has 0 radical (unpaired) electrons. The number of carboxylic acid groups (broad SMARTS) is 1. The number of hydrogen-bond acceptors (Lipinski definition) is 2. The summed E-state index contributed by atoms with van der Waals surface area (Å²) in [5, 5.41) is 9.71. The van der Waals surface area contributed by atoms with Crippen LogP contribution in [0.2, 0.25) is 0 Å².